The fourth-order valence-corrected chi connectivity index (χ4v) is 4.88. The molecule has 10 heteroatoms. The van der Waals surface area contributed by atoms with Crippen molar-refractivity contribution < 1.29 is 9.59 Å². The number of carbonyl (C=O) groups excluding carboxylic acids is 2. The Kier molecular flexibility index (Phi) is 6.10. The highest BCUT2D eigenvalue weighted by molar-refractivity contribution is 6.42. The first kappa shape index (κ1) is 22.6. The first-order valence-corrected chi connectivity index (χ1v) is 11.7. The molecule has 2 unspecified atom stereocenters. The SMILES string of the molecule is CC1=Nc2ccnn2C(c2ccc(Cl)c(Cl)c2)C1C(=O)N1CCN(C(=O)c2ccncc2)CC1. The van der Waals surface area contributed by atoms with E-state index in [4.69, 9.17) is 23.2 Å². The van der Waals surface area contributed by atoms with E-state index in [1.165, 1.54) is 0 Å². The molecule has 1 aromatic carbocycles. The van der Waals surface area contributed by atoms with E-state index in [9.17, 15) is 9.59 Å². The highest BCUT2D eigenvalue weighted by atomic mass is 35.5. The molecular weight excluding hydrogens is 475 g/mol. The lowest BCUT2D eigenvalue weighted by molar-refractivity contribution is -0.135. The van der Waals surface area contributed by atoms with Crippen LogP contribution in [0, 0.1) is 5.92 Å². The largest absolute Gasteiger partial charge is 0.338 e. The predicted octanol–water partition coefficient (Wildman–Crippen LogP) is 3.88. The van der Waals surface area contributed by atoms with Gasteiger partial charge in [-0.05, 0) is 36.8 Å². The molecule has 2 aliphatic heterocycles. The third-order valence-corrected chi connectivity index (χ3v) is 7.07. The highest BCUT2D eigenvalue weighted by Gasteiger charge is 2.41. The van der Waals surface area contributed by atoms with Crippen LogP contribution in [0.5, 0.6) is 0 Å². The van der Waals surface area contributed by atoms with Gasteiger partial charge in [0.15, 0.2) is 5.82 Å². The Labute approximate surface area is 206 Å². The quantitative estimate of drug-likeness (QED) is 0.550. The zero-order valence-electron chi connectivity index (χ0n) is 18.4. The lowest BCUT2D eigenvalue weighted by Gasteiger charge is -2.39. The van der Waals surface area contributed by atoms with Crippen LogP contribution in [0.25, 0.3) is 0 Å². The smallest absolute Gasteiger partial charge is 0.254 e. The maximum atomic E-state index is 13.8. The molecule has 0 spiro atoms. The molecule has 3 aromatic rings. The minimum absolute atomic E-state index is 0.0468. The molecule has 1 saturated heterocycles. The molecule has 1 fully saturated rings. The second-order valence-corrected chi connectivity index (χ2v) is 9.15. The van der Waals surface area contributed by atoms with Gasteiger partial charge in [-0.15, -0.1) is 0 Å². The summed E-state index contributed by atoms with van der Waals surface area (Å²) in [7, 11) is 0. The minimum Gasteiger partial charge on any atom is -0.338 e. The summed E-state index contributed by atoms with van der Waals surface area (Å²) >= 11 is 12.5. The van der Waals surface area contributed by atoms with Gasteiger partial charge >= 0.3 is 0 Å². The molecule has 2 amide bonds. The average Bonchev–Trinajstić information content (AvgIpc) is 3.33. The van der Waals surface area contributed by atoms with Gasteiger partial charge in [0, 0.05) is 55.9 Å². The van der Waals surface area contributed by atoms with E-state index in [2.05, 4.69) is 15.1 Å². The molecule has 8 nitrogen and oxygen atoms in total. The molecule has 174 valence electrons. The monoisotopic (exact) mass is 496 g/mol. The van der Waals surface area contributed by atoms with E-state index in [1.807, 2.05) is 19.1 Å². The Morgan fingerprint density at radius 3 is 2.32 bits per heavy atom. The van der Waals surface area contributed by atoms with Crippen molar-refractivity contribution in [3.05, 3.63) is 76.2 Å². The lowest BCUT2D eigenvalue weighted by atomic mass is 9.87. The number of carbonyl (C=O) groups is 2. The van der Waals surface area contributed by atoms with E-state index in [1.54, 1.807) is 57.3 Å². The number of aliphatic imine (C=N–C) groups is 1. The molecule has 34 heavy (non-hydrogen) atoms. The first-order valence-electron chi connectivity index (χ1n) is 11.0. The van der Waals surface area contributed by atoms with Crippen LogP contribution >= 0.6 is 23.2 Å². The molecule has 0 aliphatic carbocycles. The fourth-order valence-electron chi connectivity index (χ4n) is 4.58. The number of aromatic nitrogens is 3. The molecule has 5 rings (SSSR count). The number of rotatable bonds is 3. The van der Waals surface area contributed by atoms with Gasteiger partial charge in [0.05, 0.1) is 22.3 Å². The zero-order chi connectivity index (χ0) is 23.8. The molecule has 2 aliphatic rings. The molecule has 2 atom stereocenters. The summed E-state index contributed by atoms with van der Waals surface area (Å²) < 4.78 is 1.76. The van der Waals surface area contributed by atoms with E-state index >= 15 is 0 Å². The summed E-state index contributed by atoms with van der Waals surface area (Å²) in [5.74, 6) is 0.0340. The average molecular weight is 497 g/mol. The predicted molar refractivity (Wildman–Crippen MR) is 130 cm³/mol. The summed E-state index contributed by atoms with van der Waals surface area (Å²) in [5.41, 5.74) is 2.14. The van der Waals surface area contributed by atoms with Crippen molar-refractivity contribution in [3.8, 4) is 0 Å². The van der Waals surface area contributed by atoms with Gasteiger partial charge in [-0.3, -0.25) is 14.6 Å². The number of benzene rings is 1. The Bertz CT molecular complexity index is 1270. The number of hydrogen-bond acceptors (Lipinski definition) is 5. The third-order valence-electron chi connectivity index (χ3n) is 6.33. The van der Waals surface area contributed by atoms with Gasteiger partial charge < -0.3 is 9.80 Å². The standard InChI is InChI=1S/C24H22Cl2N6O2/c1-15-21(22(32-20(29-15)6-9-28-32)17-2-3-18(25)19(26)14-17)24(34)31-12-10-30(11-13-31)23(33)16-4-7-27-8-5-16/h2-9,14,21-22H,10-13H2,1H3. The van der Waals surface area contributed by atoms with Gasteiger partial charge in [-0.1, -0.05) is 29.3 Å². The molecule has 0 N–H and O–H groups in total. The molecule has 4 heterocycles. The van der Waals surface area contributed by atoms with Gasteiger partial charge in [0.1, 0.15) is 5.92 Å². The van der Waals surface area contributed by atoms with Crippen LogP contribution in [0.1, 0.15) is 28.9 Å². The van der Waals surface area contributed by atoms with Crippen LogP contribution < -0.4 is 0 Å². The Morgan fingerprint density at radius 2 is 1.62 bits per heavy atom. The topological polar surface area (TPSA) is 83.7 Å². The number of halogens is 2. The van der Waals surface area contributed by atoms with Crippen molar-refractivity contribution in [2.24, 2.45) is 10.9 Å². The van der Waals surface area contributed by atoms with Crippen molar-refractivity contribution in [3.63, 3.8) is 0 Å². The van der Waals surface area contributed by atoms with Crippen LogP contribution in [0.15, 0.2) is 60.0 Å². The van der Waals surface area contributed by atoms with Gasteiger partial charge in [-0.25, -0.2) is 9.67 Å². The number of amides is 2. The van der Waals surface area contributed by atoms with Crippen LogP contribution in [0.4, 0.5) is 5.82 Å². The van der Waals surface area contributed by atoms with E-state index in [0.717, 1.165) is 5.56 Å². The van der Waals surface area contributed by atoms with Crippen LogP contribution in [0.3, 0.4) is 0 Å². The maximum absolute atomic E-state index is 13.8. The summed E-state index contributed by atoms with van der Waals surface area (Å²) in [4.78, 5) is 38.8. The highest BCUT2D eigenvalue weighted by Crippen LogP contribution is 2.38. The third kappa shape index (κ3) is 4.08. The van der Waals surface area contributed by atoms with Crippen LogP contribution in [0.2, 0.25) is 10.0 Å². The van der Waals surface area contributed by atoms with Crippen molar-refractivity contribution in [1.29, 1.82) is 0 Å². The normalized spacial score (nSPS) is 20.0. The van der Waals surface area contributed by atoms with Crippen molar-refractivity contribution in [2.45, 2.75) is 13.0 Å². The molecule has 0 bridgehead atoms. The Balaban J connectivity index is 1.39. The van der Waals surface area contributed by atoms with E-state index < -0.39 is 12.0 Å². The van der Waals surface area contributed by atoms with Crippen molar-refractivity contribution in [2.75, 3.05) is 26.2 Å². The second-order valence-electron chi connectivity index (χ2n) is 8.34. The Morgan fingerprint density at radius 1 is 0.912 bits per heavy atom. The number of nitrogens with zero attached hydrogens (tertiary/aromatic N) is 6. The molecular formula is C24H22Cl2N6O2. The number of pyridine rings is 1. The molecule has 0 radical (unpaired) electrons. The summed E-state index contributed by atoms with van der Waals surface area (Å²) in [6.07, 6.45) is 4.88. The van der Waals surface area contributed by atoms with Gasteiger partial charge in [0.2, 0.25) is 5.91 Å². The lowest BCUT2D eigenvalue weighted by Crippen LogP contribution is -2.54. The summed E-state index contributed by atoms with van der Waals surface area (Å²) in [6, 6.07) is 10.2. The second kappa shape index (κ2) is 9.19. The van der Waals surface area contributed by atoms with Gasteiger partial charge in [0.25, 0.3) is 5.91 Å². The maximum Gasteiger partial charge on any atom is 0.254 e. The fraction of sp³-hybridized carbons (Fsp3) is 0.292. The van der Waals surface area contributed by atoms with Crippen LogP contribution in [-0.4, -0.2) is 68.3 Å². The van der Waals surface area contributed by atoms with E-state index in [0.29, 0.717) is 53.3 Å². The van der Waals surface area contributed by atoms with Crippen LogP contribution in [-0.2, 0) is 4.79 Å². The number of hydrogen-bond donors (Lipinski definition) is 0. The number of fused-ring (bicyclic) bond motifs is 1. The van der Waals surface area contributed by atoms with Gasteiger partial charge in [-0.2, -0.15) is 5.10 Å². The van der Waals surface area contributed by atoms with Crippen molar-refractivity contribution in [1.82, 2.24) is 24.6 Å². The summed E-state index contributed by atoms with van der Waals surface area (Å²) in [6.45, 7) is 3.67. The van der Waals surface area contributed by atoms with Crippen molar-refractivity contribution >= 4 is 46.5 Å². The zero-order valence-corrected chi connectivity index (χ0v) is 19.9. The minimum atomic E-state index is -0.549. The summed E-state index contributed by atoms with van der Waals surface area (Å²) in [5, 5.41) is 5.32. The number of piperazine rings is 1. The molecule has 2 aromatic heterocycles. The molecule has 0 saturated carbocycles. The Hall–Kier alpha value is -3.23. The first-order chi connectivity index (χ1) is 16.4. The van der Waals surface area contributed by atoms with E-state index in [-0.39, 0.29) is 11.8 Å².